The number of ether oxygens (including phenoxy) is 1. The van der Waals surface area contributed by atoms with Crippen molar-refractivity contribution in [1.82, 2.24) is 0 Å². The van der Waals surface area contributed by atoms with Gasteiger partial charge in [0.15, 0.2) is 11.9 Å². The van der Waals surface area contributed by atoms with Crippen LogP contribution in [0.25, 0.3) is 0 Å². The van der Waals surface area contributed by atoms with Gasteiger partial charge < -0.3 is 9.84 Å². The van der Waals surface area contributed by atoms with Crippen molar-refractivity contribution in [3.63, 3.8) is 0 Å². The van der Waals surface area contributed by atoms with Crippen molar-refractivity contribution < 1.29 is 14.6 Å². The number of hydrogen-bond donors (Lipinski definition) is 1. The minimum atomic E-state index is -0.517. The quantitative estimate of drug-likeness (QED) is 0.582. The first kappa shape index (κ1) is 16.3. The molecule has 4 fully saturated rings. The maximum Gasteiger partial charge on any atom is 0.187 e. The molecule has 5 rings (SSSR count). The second kappa shape index (κ2) is 4.48. The first-order valence-electron chi connectivity index (χ1n) is 10.0. The Morgan fingerprint density at radius 3 is 2.72 bits per heavy atom. The van der Waals surface area contributed by atoms with E-state index in [2.05, 4.69) is 33.4 Å². The molecule has 1 aliphatic heterocycles. The molecule has 0 amide bonds. The highest BCUT2D eigenvalue weighted by Gasteiger charge is 2.77. The van der Waals surface area contributed by atoms with Gasteiger partial charge in [-0.1, -0.05) is 33.4 Å². The van der Waals surface area contributed by atoms with E-state index in [1.165, 1.54) is 0 Å². The molecular formula is C22H30O3. The molecule has 0 bridgehead atoms. The third kappa shape index (κ3) is 1.56. The maximum absolute atomic E-state index is 12.2. The third-order valence-electron chi connectivity index (χ3n) is 9.39. The SMILES string of the molecule is C=C1C[C@@H]2[C@@H](CC[C@@]3(C)[C@H]2CCC3(O)CC)[C@@]2(C)C=CC(=O)C3OC132. The molecular weight excluding hydrogens is 312 g/mol. The average molecular weight is 342 g/mol. The van der Waals surface area contributed by atoms with Crippen molar-refractivity contribution in [2.24, 2.45) is 28.6 Å². The summed E-state index contributed by atoms with van der Waals surface area (Å²) in [5.74, 6) is 1.72. The van der Waals surface area contributed by atoms with E-state index < -0.39 is 11.2 Å². The molecule has 3 nitrogen and oxygen atoms in total. The molecule has 1 spiro atoms. The third-order valence-corrected chi connectivity index (χ3v) is 9.39. The zero-order valence-corrected chi connectivity index (χ0v) is 15.7. The number of ketones is 1. The fourth-order valence-electron chi connectivity index (χ4n) is 7.78. The summed E-state index contributed by atoms with van der Waals surface area (Å²) in [7, 11) is 0. The molecule has 3 unspecified atom stereocenters. The molecule has 0 aromatic carbocycles. The van der Waals surface area contributed by atoms with E-state index in [0.29, 0.717) is 17.8 Å². The van der Waals surface area contributed by atoms with Gasteiger partial charge in [-0.15, -0.1) is 0 Å². The lowest BCUT2D eigenvalue weighted by molar-refractivity contribution is -0.132. The van der Waals surface area contributed by atoms with Gasteiger partial charge in [-0.2, -0.15) is 0 Å². The van der Waals surface area contributed by atoms with Crippen LogP contribution in [-0.4, -0.2) is 28.2 Å². The van der Waals surface area contributed by atoms with Gasteiger partial charge in [-0.3, -0.25) is 4.79 Å². The van der Waals surface area contributed by atoms with E-state index in [-0.39, 0.29) is 22.7 Å². The molecule has 1 saturated heterocycles. The number of aliphatic hydroxyl groups is 1. The van der Waals surface area contributed by atoms with Crippen LogP contribution < -0.4 is 0 Å². The van der Waals surface area contributed by atoms with Crippen LogP contribution in [0.3, 0.4) is 0 Å². The molecule has 136 valence electrons. The minimum Gasteiger partial charge on any atom is -0.389 e. The monoisotopic (exact) mass is 342 g/mol. The highest BCUT2D eigenvalue weighted by molar-refractivity contribution is 5.99. The van der Waals surface area contributed by atoms with E-state index in [4.69, 9.17) is 4.74 Å². The van der Waals surface area contributed by atoms with Crippen LogP contribution in [0.4, 0.5) is 0 Å². The van der Waals surface area contributed by atoms with Crippen molar-refractivity contribution in [2.45, 2.75) is 76.6 Å². The van der Waals surface area contributed by atoms with Gasteiger partial charge in [0, 0.05) is 5.41 Å². The lowest BCUT2D eigenvalue weighted by atomic mass is 9.44. The molecule has 3 heteroatoms. The maximum atomic E-state index is 12.2. The van der Waals surface area contributed by atoms with Crippen LogP contribution >= 0.6 is 0 Å². The van der Waals surface area contributed by atoms with E-state index in [1.54, 1.807) is 6.08 Å². The Bertz CT molecular complexity index is 710. The number of rotatable bonds is 1. The lowest BCUT2D eigenvalue weighted by Crippen LogP contribution is -2.59. The van der Waals surface area contributed by atoms with E-state index >= 15 is 0 Å². The Morgan fingerprint density at radius 2 is 2.00 bits per heavy atom. The predicted octanol–water partition coefficient (Wildman–Crippen LogP) is 3.81. The largest absolute Gasteiger partial charge is 0.389 e. The Balaban J connectivity index is 1.58. The number of carbonyl (C=O) groups excluding carboxylic acids is 1. The normalized spacial score (nSPS) is 59.0. The number of carbonyl (C=O) groups is 1. The minimum absolute atomic E-state index is 0.0159. The van der Waals surface area contributed by atoms with Crippen molar-refractivity contribution >= 4 is 5.78 Å². The summed E-state index contributed by atoms with van der Waals surface area (Å²) in [6.07, 6.45) is 9.65. The molecule has 4 aliphatic carbocycles. The summed E-state index contributed by atoms with van der Waals surface area (Å²) in [5, 5.41) is 11.3. The molecule has 8 atom stereocenters. The van der Waals surface area contributed by atoms with E-state index in [9.17, 15) is 9.90 Å². The first-order valence-corrected chi connectivity index (χ1v) is 10.0. The van der Waals surface area contributed by atoms with Crippen LogP contribution in [0.1, 0.15) is 59.3 Å². The summed E-state index contributed by atoms with van der Waals surface area (Å²) in [6.45, 7) is 11.2. The molecule has 1 N–H and O–H groups in total. The van der Waals surface area contributed by atoms with Crippen LogP contribution in [0.15, 0.2) is 24.3 Å². The summed E-state index contributed by atoms with van der Waals surface area (Å²) in [6, 6.07) is 0. The lowest BCUT2D eigenvalue weighted by Gasteiger charge is -2.59. The van der Waals surface area contributed by atoms with Crippen molar-refractivity contribution in [3.8, 4) is 0 Å². The van der Waals surface area contributed by atoms with Gasteiger partial charge in [0.1, 0.15) is 5.60 Å². The molecule has 3 saturated carbocycles. The van der Waals surface area contributed by atoms with Crippen LogP contribution in [-0.2, 0) is 9.53 Å². The highest BCUT2D eigenvalue weighted by Crippen LogP contribution is 2.73. The summed E-state index contributed by atoms with van der Waals surface area (Å²) in [4.78, 5) is 12.2. The highest BCUT2D eigenvalue weighted by atomic mass is 16.6. The molecule has 0 radical (unpaired) electrons. The molecule has 5 aliphatic rings. The Labute approximate surface area is 150 Å². The van der Waals surface area contributed by atoms with Gasteiger partial charge in [-0.05, 0) is 73.3 Å². The van der Waals surface area contributed by atoms with Crippen molar-refractivity contribution in [1.29, 1.82) is 0 Å². The van der Waals surface area contributed by atoms with Gasteiger partial charge >= 0.3 is 0 Å². The first-order chi connectivity index (χ1) is 11.7. The standard InChI is InChI=1S/C22H30O3/c1-5-21(24)11-7-15-14-12-13(2)22-18(25-22)17(23)8-10-20(22,4)16(14)6-9-19(15,21)3/h8,10,14-16,18,24H,2,5-7,9,11-12H2,1,3-4H3/t14-,15-,16+,18?,19-,20+,21?,22?/m0/s1. The second-order valence-corrected chi connectivity index (χ2v) is 9.82. The van der Waals surface area contributed by atoms with E-state index in [1.807, 2.05) is 0 Å². The van der Waals surface area contributed by atoms with Crippen LogP contribution in [0.5, 0.6) is 0 Å². The molecule has 25 heavy (non-hydrogen) atoms. The average Bonchev–Trinajstić information content (AvgIpc) is 3.29. The van der Waals surface area contributed by atoms with Gasteiger partial charge in [0.05, 0.1) is 5.60 Å². The topological polar surface area (TPSA) is 49.8 Å². The second-order valence-electron chi connectivity index (χ2n) is 9.82. The van der Waals surface area contributed by atoms with Gasteiger partial charge in [0.2, 0.25) is 0 Å². The van der Waals surface area contributed by atoms with Crippen LogP contribution in [0, 0.1) is 28.6 Å². The van der Waals surface area contributed by atoms with E-state index in [0.717, 1.165) is 44.1 Å². The Morgan fingerprint density at radius 1 is 1.28 bits per heavy atom. The number of fused-ring (bicyclic) bond motifs is 4. The molecule has 1 heterocycles. The smallest absolute Gasteiger partial charge is 0.187 e. The Kier molecular flexibility index (Phi) is 2.92. The summed E-state index contributed by atoms with van der Waals surface area (Å²) >= 11 is 0. The molecule has 0 aromatic rings. The zero-order chi connectivity index (χ0) is 17.8. The van der Waals surface area contributed by atoms with Crippen molar-refractivity contribution in [3.05, 3.63) is 24.3 Å². The predicted molar refractivity (Wildman–Crippen MR) is 95.9 cm³/mol. The fraction of sp³-hybridized carbons (Fsp3) is 0.773. The summed E-state index contributed by atoms with van der Waals surface area (Å²) < 4.78 is 6.08. The summed E-state index contributed by atoms with van der Waals surface area (Å²) in [5.41, 5.74) is 0.0573. The number of hydrogen-bond acceptors (Lipinski definition) is 3. The van der Waals surface area contributed by atoms with Gasteiger partial charge in [-0.25, -0.2) is 0 Å². The van der Waals surface area contributed by atoms with Gasteiger partial charge in [0.25, 0.3) is 0 Å². The van der Waals surface area contributed by atoms with Crippen LogP contribution in [0.2, 0.25) is 0 Å². The zero-order valence-electron chi connectivity index (χ0n) is 15.7. The fourth-order valence-corrected chi connectivity index (χ4v) is 7.78. The Hall–Kier alpha value is -0.930. The van der Waals surface area contributed by atoms with Crippen molar-refractivity contribution in [2.75, 3.05) is 0 Å². The molecule has 0 aromatic heterocycles. The number of epoxide rings is 1.